The van der Waals surface area contributed by atoms with E-state index >= 15 is 0 Å². The molecule has 9 heteroatoms. The second kappa shape index (κ2) is 6.95. The van der Waals surface area contributed by atoms with Crippen LogP contribution in [0.4, 0.5) is 13.2 Å². The molecule has 1 aromatic rings. The molecule has 2 aliphatic heterocycles. The molecule has 138 valence electrons. The van der Waals surface area contributed by atoms with E-state index in [2.05, 4.69) is 0 Å². The van der Waals surface area contributed by atoms with Crippen LogP contribution in [0.5, 0.6) is 0 Å². The van der Waals surface area contributed by atoms with E-state index < -0.39 is 51.2 Å². The summed E-state index contributed by atoms with van der Waals surface area (Å²) in [6.45, 7) is 0.522. The lowest BCUT2D eigenvalue weighted by atomic mass is 10.1. The number of nitrogens with zero attached hydrogens (tertiary/aromatic N) is 2. The summed E-state index contributed by atoms with van der Waals surface area (Å²) in [6, 6.07) is 0.722. The van der Waals surface area contributed by atoms with Crippen molar-refractivity contribution in [3.05, 3.63) is 29.8 Å². The van der Waals surface area contributed by atoms with Gasteiger partial charge in [0.25, 0.3) is 0 Å². The number of rotatable bonds is 3. The lowest BCUT2D eigenvalue weighted by molar-refractivity contribution is -0.135. The number of hydrogen-bond acceptors (Lipinski definition) is 3. The van der Waals surface area contributed by atoms with Crippen molar-refractivity contribution >= 4 is 15.9 Å². The van der Waals surface area contributed by atoms with Crippen LogP contribution < -0.4 is 0 Å². The third-order valence-corrected chi connectivity index (χ3v) is 6.45. The first-order valence-corrected chi connectivity index (χ1v) is 9.64. The molecule has 2 saturated heterocycles. The number of carbonyl (C=O) groups is 1. The molecule has 2 aliphatic rings. The Morgan fingerprint density at radius 3 is 2.24 bits per heavy atom. The summed E-state index contributed by atoms with van der Waals surface area (Å²) in [5.41, 5.74) is 0. The minimum atomic E-state index is -4.38. The SMILES string of the molecule is O=C([C@@H]1C[C@H](F)CN1S(=O)(=O)c1cc(F)cc(F)c1)N1CCCCC1. The molecule has 0 bridgehead atoms. The largest absolute Gasteiger partial charge is 0.341 e. The summed E-state index contributed by atoms with van der Waals surface area (Å²) in [5.74, 6) is -2.54. The van der Waals surface area contributed by atoms with E-state index in [0.29, 0.717) is 31.3 Å². The number of likely N-dealkylation sites (tertiary alicyclic amines) is 1. The van der Waals surface area contributed by atoms with Crippen molar-refractivity contribution < 1.29 is 26.4 Å². The molecule has 2 heterocycles. The van der Waals surface area contributed by atoms with Gasteiger partial charge in [0.05, 0.1) is 4.90 Å². The predicted octanol–water partition coefficient (Wildman–Crippen LogP) is 2.08. The van der Waals surface area contributed by atoms with Crippen molar-refractivity contribution in [3.8, 4) is 0 Å². The van der Waals surface area contributed by atoms with Gasteiger partial charge in [0, 0.05) is 32.1 Å². The van der Waals surface area contributed by atoms with E-state index in [1.54, 1.807) is 4.90 Å². The van der Waals surface area contributed by atoms with Crippen molar-refractivity contribution in [2.75, 3.05) is 19.6 Å². The maximum absolute atomic E-state index is 13.9. The van der Waals surface area contributed by atoms with Gasteiger partial charge in [0.1, 0.15) is 23.8 Å². The highest BCUT2D eigenvalue weighted by Crippen LogP contribution is 2.30. The molecule has 5 nitrogen and oxygen atoms in total. The van der Waals surface area contributed by atoms with Crippen LogP contribution in [-0.4, -0.2) is 55.4 Å². The average molecular weight is 376 g/mol. The number of carbonyl (C=O) groups excluding carboxylic acids is 1. The molecule has 0 unspecified atom stereocenters. The fourth-order valence-electron chi connectivity index (χ4n) is 3.38. The van der Waals surface area contributed by atoms with Gasteiger partial charge in [-0.1, -0.05) is 0 Å². The van der Waals surface area contributed by atoms with Gasteiger partial charge in [0.2, 0.25) is 15.9 Å². The summed E-state index contributed by atoms with van der Waals surface area (Å²) in [4.78, 5) is 13.6. The van der Waals surface area contributed by atoms with Crippen molar-refractivity contribution in [1.29, 1.82) is 0 Å². The second-order valence-electron chi connectivity index (χ2n) is 6.41. The first-order chi connectivity index (χ1) is 11.8. The van der Waals surface area contributed by atoms with E-state index in [9.17, 15) is 26.4 Å². The van der Waals surface area contributed by atoms with Crippen LogP contribution in [-0.2, 0) is 14.8 Å². The highest BCUT2D eigenvalue weighted by molar-refractivity contribution is 7.89. The van der Waals surface area contributed by atoms with E-state index in [1.165, 1.54) is 0 Å². The maximum Gasteiger partial charge on any atom is 0.244 e. The Hall–Kier alpha value is -1.61. The molecule has 2 fully saturated rings. The lowest BCUT2D eigenvalue weighted by Crippen LogP contribution is -2.49. The summed E-state index contributed by atoms with van der Waals surface area (Å²) in [7, 11) is -4.38. The molecule has 0 aliphatic carbocycles. The van der Waals surface area contributed by atoms with Crippen molar-refractivity contribution in [2.45, 2.75) is 42.8 Å². The lowest BCUT2D eigenvalue weighted by Gasteiger charge is -2.32. The summed E-state index contributed by atoms with van der Waals surface area (Å²) < 4.78 is 66.9. The Labute approximate surface area is 144 Å². The second-order valence-corrected chi connectivity index (χ2v) is 8.31. The van der Waals surface area contributed by atoms with Crippen LogP contribution in [0, 0.1) is 11.6 Å². The zero-order valence-electron chi connectivity index (χ0n) is 13.5. The number of benzene rings is 1. The molecule has 0 saturated carbocycles. The van der Waals surface area contributed by atoms with Crippen LogP contribution in [0.3, 0.4) is 0 Å². The third-order valence-electron chi connectivity index (χ3n) is 4.60. The van der Waals surface area contributed by atoms with Gasteiger partial charge in [0.15, 0.2) is 0 Å². The number of sulfonamides is 1. The van der Waals surface area contributed by atoms with Crippen LogP contribution in [0.1, 0.15) is 25.7 Å². The van der Waals surface area contributed by atoms with E-state index in [0.717, 1.165) is 23.6 Å². The third kappa shape index (κ3) is 3.67. The van der Waals surface area contributed by atoms with Gasteiger partial charge in [-0.3, -0.25) is 4.79 Å². The Bertz CT molecular complexity index is 746. The minimum absolute atomic E-state index is 0.244. The van der Waals surface area contributed by atoms with Crippen molar-refractivity contribution in [3.63, 3.8) is 0 Å². The molecule has 1 amide bonds. The maximum atomic E-state index is 13.9. The van der Waals surface area contributed by atoms with Crippen molar-refractivity contribution in [1.82, 2.24) is 9.21 Å². The average Bonchev–Trinajstić information content (AvgIpc) is 2.97. The highest BCUT2D eigenvalue weighted by atomic mass is 32.2. The van der Waals surface area contributed by atoms with Crippen LogP contribution in [0.25, 0.3) is 0 Å². The predicted molar refractivity (Wildman–Crippen MR) is 84.0 cm³/mol. The molecule has 3 rings (SSSR count). The molecular formula is C16H19F3N2O3S. The number of alkyl halides is 1. The normalized spacial score (nSPS) is 25.3. The van der Waals surface area contributed by atoms with Gasteiger partial charge >= 0.3 is 0 Å². The highest BCUT2D eigenvalue weighted by Gasteiger charge is 2.45. The standard InChI is InChI=1S/C16H19F3N2O3S/c17-11-6-12(18)8-14(7-11)25(23,24)21-10-13(19)9-15(21)16(22)20-4-2-1-3-5-20/h6-8,13,15H,1-5,9-10H2/t13-,15-/m0/s1. The first kappa shape index (κ1) is 18.2. The van der Waals surface area contributed by atoms with Gasteiger partial charge in [-0.25, -0.2) is 21.6 Å². The van der Waals surface area contributed by atoms with Crippen LogP contribution >= 0.6 is 0 Å². The van der Waals surface area contributed by atoms with Crippen LogP contribution in [0.15, 0.2) is 23.1 Å². The first-order valence-electron chi connectivity index (χ1n) is 8.20. The summed E-state index contributed by atoms with van der Waals surface area (Å²) >= 11 is 0. The summed E-state index contributed by atoms with van der Waals surface area (Å²) in [5, 5.41) is 0. The molecule has 1 aromatic carbocycles. The Balaban J connectivity index is 1.91. The zero-order chi connectivity index (χ0) is 18.2. The molecule has 2 atom stereocenters. The Morgan fingerprint density at radius 1 is 1.04 bits per heavy atom. The zero-order valence-corrected chi connectivity index (χ0v) is 14.3. The van der Waals surface area contributed by atoms with Crippen LogP contribution in [0.2, 0.25) is 0 Å². The Kier molecular flexibility index (Phi) is 5.06. The van der Waals surface area contributed by atoms with Crippen molar-refractivity contribution in [2.24, 2.45) is 0 Å². The number of amides is 1. The smallest absolute Gasteiger partial charge is 0.244 e. The molecule has 25 heavy (non-hydrogen) atoms. The van der Waals surface area contributed by atoms with Gasteiger partial charge < -0.3 is 4.90 Å². The van der Waals surface area contributed by atoms with E-state index in [-0.39, 0.29) is 6.42 Å². The molecular weight excluding hydrogens is 357 g/mol. The topological polar surface area (TPSA) is 57.7 Å². The summed E-state index contributed by atoms with van der Waals surface area (Å²) in [6.07, 6.45) is 0.891. The number of piperidine rings is 1. The van der Waals surface area contributed by atoms with E-state index in [4.69, 9.17) is 0 Å². The molecule has 0 N–H and O–H groups in total. The fourth-order valence-corrected chi connectivity index (χ4v) is 5.05. The molecule has 0 aromatic heterocycles. The van der Waals surface area contributed by atoms with E-state index in [1.807, 2.05) is 0 Å². The monoisotopic (exact) mass is 376 g/mol. The van der Waals surface area contributed by atoms with Gasteiger partial charge in [-0.05, 0) is 31.4 Å². The molecule has 0 radical (unpaired) electrons. The minimum Gasteiger partial charge on any atom is -0.341 e. The Morgan fingerprint density at radius 2 is 1.64 bits per heavy atom. The fraction of sp³-hybridized carbons (Fsp3) is 0.562. The van der Waals surface area contributed by atoms with Gasteiger partial charge in [-0.2, -0.15) is 4.31 Å². The number of halogens is 3. The quantitative estimate of drug-likeness (QED) is 0.812. The number of hydrogen-bond donors (Lipinski definition) is 0. The van der Waals surface area contributed by atoms with Gasteiger partial charge in [-0.15, -0.1) is 0 Å². The molecule has 0 spiro atoms.